The van der Waals surface area contributed by atoms with Gasteiger partial charge in [0.2, 0.25) is 0 Å². The predicted molar refractivity (Wildman–Crippen MR) is 131 cm³/mol. The molecule has 33 heavy (non-hydrogen) atoms. The Hall–Kier alpha value is -4.25. The highest BCUT2D eigenvalue weighted by atomic mass is 16.3. The molecule has 4 aromatic carbocycles. The van der Waals surface area contributed by atoms with Gasteiger partial charge in [0.05, 0.1) is 5.69 Å². The topological polar surface area (TPSA) is 76.6 Å². The van der Waals surface area contributed by atoms with Gasteiger partial charge >= 0.3 is 0 Å². The first-order valence-corrected chi connectivity index (χ1v) is 11.0. The molecule has 0 saturated carbocycles. The molecular weight excluding hydrogens is 412 g/mol. The predicted octanol–water partition coefficient (Wildman–Crippen LogP) is 5.91. The van der Waals surface area contributed by atoms with E-state index in [0.717, 1.165) is 56.2 Å². The summed E-state index contributed by atoms with van der Waals surface area (Å²) in [4.78, 5) is 18.7. The third kappa shape index (κ3) is 3.04. The van der Waals surface area contributed by atoms with Crippen LogP contribution >= 0.6 is 0 Å². The Morgan fingerprint density at radius 1 is 0.970 bits per heavy atom. The molecule has 0 spiro atoms. The third-order valence-electron chi connectivity index (χ3n) is 6.60. The lowest BCUT2D eigenvalue weighted by Crippen LogP contribution is -2.28. The largest absolute Gasteiger partial charge is 0.508 e. The molecule has 0 aliphatic carbocycles. The smallest absolute Gasteiger partial charge is 0.258 e. The number of amides is 1. The number of carbonyl (C=O) groups is 1. The van der Waals surface area contributed by atoms with E-state index in [1.807, 2.05) is 61.5 Å². The van der Waals surface area contributed by atoms with Crippen LogP contribution in [0.3, 0.4) is 0 Å². The highest BCUT2D eigenvalue weighted by Gasteiger charge is 2.29. The van der Waals surface area contributed by atoms with Crippen molar-refractivity contribution in [3.05, 3.63) is 89.5 Å². The molecule has 162 valence electrons. The van der Waals surface area contributed by atoms with Crippen LogP contribution in [0.4, 0.5) is 5.69 Å². The van der Waals surface area contributed by atoms with Crippen LogP contribution in [0, 0.1) is 6.92 Å². The number of anilines is 1. The summed E-state index contributed by atoms with van der Waals surface area (Å²) in [6.07, 6.45) is 0.762. The summed E-state index contributed by atoms with van der Waals surface area (Å²) in [6.45, 7) is 2.62. The minimum atomic E-state index is -0.0798. The molecule has 1 aliphatic rings. The number of aromatic hydroxyl groups is 2. The number of carbonyl (C=O) groups excluding carboxylic acids is 1. The van der Waals surface area contributed by atoms with Crippen molar-refractivity contribution < 1.29 is 15.0 Å². The number of phenolic OH excluding ortho intramolecular Hbond substituents is 2. The van der Waals surface area contributed by atoms with Crippen molar-refractivity contribution in [1.29, 1.82) is 0 Å². The number of rotatable bonds is 2. The lowest BCUT2D eigenvalue weighted by atomic mass is 9.97. The van der Waals surface area contributed by atoms with Gasteiger partial charge in [-0.1, -0.05) is 24.3 Å². The second-order valence-corrected chi connectivity index (χ2v) is 8.63. The molecule has 0 saturated heterocycles. The van der Waals surface area contributed by atoms with Gasteiger partial charge in [0.15, 0.2) is 0 Å². The first-order valence-electron chi connectivity index (χ1n) is 11.0. The van der Waals surface area contributed by atoms with Crippen molar-refractivity contribution in [1.82, 2.24) is 4.98 Å². The van der Waals surface area contributed by atoms with E-state index in [2.05, 4.69) is 4.98 Å². The number of phenols is 2. The van der Waals surface area contributed by atoms with Crippen molar-refractivity contribution in [3.63, 3.8) is 0 Å². The number of aryl methyl sites for hydroxylation is 1. The van der Waals surface area contributed by atoms with Crippen LogP contribution in [-0.2, 0) is 6.42 Å². The summed E-state index contributed by atoms with van der Waals surface area (Å²) in [7, 11) is 0. The third-order valence-corrected chi connectivity index (χ3v) is 6.60. The van der Waals surface area contributed by atoms with Gasteiger partial charge in [-0.2, -0.15) is 0 Å². The summed E-state index contributed by atoms with van der Waals surface area (Å²) >= 11 is 0. The maximum Gasteiger partial charge on any atom is 0.258 e. The van der Waals surface area contributed by atoms with Gasteiger partial charge in [-0.15, -0.1) is 0 Å². The number of nitrogens with zero attached hydrogens (tertiary/aromatic N) is 1. The average Bonchev–Trinajstić information content (AvgIpc) is 3.43. The molecule has 6 rings (SSSR count). The Kier molecular flexibility index (Phi) is 4.20. The van der Waals surface area contributed by atoms with E-state index < -0.39 is 0 Å². The normalized spacial score (nSPS) is 13.1. The molecule has 5 aromatic rings. The Balaban J connectivity index is 1.39. The van der Waals surface area contributed by atoms with E-state index in [1.54, 1.807) is 23.1 Å². The van der Waals surface area contributed by atoms with Crippen LogP contribution in [0.2, 0.25) is 0 Å². The highest BCUT2D eigenvalue weighted by molar-refractivity contribution is 6.11. The quantitative estimate of drug-likeness (QED) is 0.323. The number of aromatic nitrogens is 1. The molecule has 5 nitrogen and oxygen atoms in total. The molecule has 1 aliphatic heterocycles. The van der Waals surface area contributed by atoms with E-state index in [-0.39, 0.29) is 17.4 Å². The summed E-state index contributed by atoms with van der Waals surface area (Å²) < 4.78 is 0. The van der Waals surface area contributed by atoms with Crippen LogP contribution in [0.15, 0.2) is 72.8 Å². The van der Waals surface area contributed by atoms with Crippen molar-refractivity contribution in [3.8, 4) is 22.8 Å². The minimum absolute atomic E-state index is 0.0798. The summed E-state index contributed by atoms with van der Waals surface area (Å²) in [6, 6.07) is 22.4. The van der Waals surface area contributed by atoms with Crippen molar-refractivity contribution in [2.24, 2.45) is 0 Å². The lowest BCUT2D eigenvalue weighted by Gasteiger charge is -2.19. The monoisotopic (exact) mass is 434 g/mol. The molecule has 2 heterocycles. The van der Waals surface area contributed by atoms with Crippen LogP contribution < -0.4 is 4.90 Å². The van der Waals surface area contributed by atoms with Crippen LogP contribution in [0.5, 0.6) is 11.5 Å². The zero-order valence-electron chi connectivity index (χ0n) is 18.1. The fourth-order valence-electron chi connectivity index (χ4n) is 4.97. The second kappa shape index (κ2) is 7.14. The number of hydrogen-bond acceptors (Lipinski definition) is 3. The zero-order chi connectivity index (χ0) is 22.7. The summed E-state index contributed by atoms with van der Waals surface area (Å²) in [5, 5.41) is 23.1. The first kappa shape index (κ1) is 19.4. The Bertz CT molecular complexity index is 1560. The number of nitrogens with one attached hydrogen (secondary N) is 1. The van der Waals surface area contributed by atoms with E-state index in [1.165, 1.54) is 0 Å². The SMILES string of the molecule is Cc1cccc2c(O)cc3c(c12)CCN3C(=O)c1ccc2cc(-c3ccc(O)cc3)[nH]c2c1. The van der Waals surface area contributed by atoms with Gasteiger partial charge in [-0.3, -0.25) is 4.79 Å². The lowest BCUT2D eigenvalue weighted by molar-refractivity contribution is 0.0989. The fourth-order valence-corrected chi connectivity index (χ4v) is 4.97. The van der Waals surface area contributed by atoms with Crippen molar-refractivity contribution in [2.45, 2.75) is 13.3 Å². The van der Waals surface area contributed by atoms with Gasteiger partial charge in [-0.25, -0.2) is 0 Å². The standard InChI is InChI=1S/C28H22N2O3/c1-16-3-2-4-22-26(32)15-25-21(27(16)22)11-12-30(25)28(33)19-6-5-18-13-23(29-24(18)14-19)17-7-9-20(31)10-8-17/h2-10,13-15,29,31-32H,11-12H2,1H3. The molecule has 0 bridgehead atoms. The number of hydrogen-bond donors (Lipinski definition) is 3. The number of fused-ring (bicyclic) bond motifs is 4. The second-order valence-electron chi connectivity index (χ2n) is 8.63. The Morgan fingerprint density at radius 2 is 1.79 bits per heavy atom. The first-order chi connectivity index (χ1) is 16.0. The molecule has 1 aromatic heterocycles. The molecule has 0 fully saturated rings. The molecule has 5 heteroatoms. The Labute approximate surface area is 190 Å². The van der Waals surface area contributed by atoms with Crippen LogP contribution in [0.1, 0.15) is 21.5 Å². The van der Waals surface area contributed by atoms with Gasteiger partial charge < -0.3 is 20.1 Å². The van der Waals surface area contributed by atoms with E-state index >= 15 is 0 Å². The maximum absolute atomic E-state index is 13.5. The summed E-state index contributed by atoms with van der Waals surface area (Å²) in [5.41, 5.74) is 6.36. The van der Waals surface area contributed by atoms with Gasteiger partial charge in [0.25, 0.3) is 5.91 Å². The van der Waals surface area contributed by atoms with Crippen LogP contribution in [0.25, 0.3) is 32.9 Å². The highest BCUT2D eigenvalue weighted by Crippen LogP contribution is 2.41. The number of benzene rings is 4. The van der Waals surface area contributed by atoms with E-state index in [0.29, 0.717) is 12.1 Å². The fraction of sp³-hybridized carbons (Fsp3) is 0.107. The van der Waals surface area contributed by atoms with Crippen molar-refractivity contribution in [2.75, 3.05) is 11.4 Å². The van der Waals surface area contributed by atoms with Gasteiger partial charge in [0, 0.05) is 40.2 Å². The summed E-state index contributed by atoms with van der Waals surface area (Å²) in [5.74, 6) is 0.344. The van der Waals surface area contributed by atoms with E-state index in [9.17, 15) is 15.0 Å². The maximum atomic E-state index is 13.5. The van der Waals surface area contributed by atoms with Gasteiger partial charge in [0.1, 0.15) is 11.5 Å². The molecule has 0 atom stereocenters. The number of aromatic amines is 1. The minimum Gasteiger partial charge on any atom is -0.508 e. The molecule has 0 unspecified atom stereocenters. The van der Waals surface area contributed by atoms with E-state index in [4.69, 9.17) is 0 Å². The zero-order valence-corrected chi connectivity index (χ0v) is 18.1. The molecule has 3 N–H and O–H groups in total. The Morgan fingerprint density at radius 3 is 2.61 bits per heavy atom. The molecule has 0 radical (unpaired) electrons. The van der Waals surface area contributed by atoms with Crippen LogP contribution in [-0.4, -0.2) is 27.6 Å². The van der Waals surface area contributed by atoms with Gasteiger partial charge in [-0.05, 0) is 77.9 Å². The average molecular weight is 434 g/mol. The molecule has 1 amide bonds. The molecular formula is C28H22N2O3. The van der Waals surface area contributed by atoms with Crippen molar-refractivity contribution >= 4 is 33.3 Å². The number of H-pyrrole nitrogens is 1.